The number of nitrogens with zero attached hydrogens (tertiary/aromatic N) is 2. The van der Waals surface area contributed by atoms with E-state index in [0.29, 0.717) is 13.2 Å². The average Bonchev–Trinajstić information content (AvgIpc) is 2.50. The van der Waals surface area contributed by atoms with Crippen molar-refractivity contribution in [2.45, 2.75) is 20.8 Å². The smallest absolute Gasteiger partial charge is 0.162 e. The molecule has 3 rings (SSSR count). The van der Waals surface area contributed by atoms with Gasteiger partial charge in [0.15, 0.2) is 17.3 Å². The first-order valence-corrected chi connectivity index (χ1v) is 7.18. The lowest BCUT2D eigenvalue weighted by Gasteiger charge is -2.19. The molecular weight excluding hydrogens is 266 g/mol. The molecule has 0 atom stereocenters. The standard InChI is InChI=1S/C16H19N3O2/c1-4-17-16-15(18-10(2)11(3)19-16)12-5-6-13-14(9-12)21-8-7-20-13/h5-6,9H,4,7-8H2,1-3H3,(H,17,19). The second-order valence-electron chi connectivity index (χ2n) is 4.98. The minimum Gasteiger partial charge on any atom is -0.486 e. The summed E-state index contributed by atoms with van der Waals surface area (Å²) in [6, 6.07) is 5.89. The summed E-state index contributed by atoms with van der Waals surface area (Å²) in [5.74, 6) is 2.35. The Bertz CT molecular complexity index is 671. The quantitative estimate of drug-likeness (QED) is 0.939. The van der Waals surface area contributed by atoms with Crippen LogP contribution in [0, 0.1) is 13.8 Å². The van der Waals surface area contributed by atoms with Gasteiger partial charge in [-0.1, -0.05) is 0 Å². The van der Waals surface area contributed by atoms with Gasteiger partial charge in [0, 0.05) is 12.1 Å². The fourth-order valence-electron chi connectivity index (χ4n) is 2.29. The average molecular weight is 285 g/mol. The first-order chi connectivity index (χ1) is 10.2. The molecule has 0 amide bonds. The molecule has 5 nitrogen and oxygen atoms in total. The number of hydrogen-bond acceptors (Lipinski definition) is 5. The van der Waals surface area contributed by atoms with Crippen molar-refractivity contribution in [2.75, 3.05) is 25.1 Å². The number of nitrogens with one attached hydrogen (secondary N) is 1. The molecule has 0 bridgehead atoms. The van der Waals surface area contributed by atoms with Crippen LogP contribution in [-0.2, 0) is 0 Å². The van der Waals surface area contributed by atoms with E-state index >= 15 is 0 Å². The highest BCUT2D eigenvalue weighted by Gasteiger charge is 2.16. The zero-order chi connectivity index (χ0) is 14.8. The van der Waals surface area contributed by atoms with Crippen molar-refractivity contribution in [3.63, 3.8) is 0 Å². The van der Waals surface area contributed by atoms with E-state index in [1.807, 2.05) is 39.0 Å². The SMILES string of the molecule is CCNc1nc(C)c(C)nc1-c1ccc2c(c1)OCCO2. The third-order valence-corrected chi connectivity index (χ3v) is 3.47. The topological polar surface area (TPSA) is 56.3 Å². The largest absolute Gasteiger partial charge is 0.486 e. The first-order valence-electron chi connectivity index (χ1n) is 7.18. The molecule has 2 heterocycles. The van der Waals surface area contributed by atoms with Gasteiger partial charge in [-0.25, -0.2) is 9.97 Å². The molecule has 0 unspecified atom stereocenters. The Kier molecular flexibility index (Phi) is 3.64. The van der Waals surface area contributed by atoms with E-state index in [0.717, 1.165) is 46.5 Å². The van der Waals surface area contributed by atoms with Crippen molar-refractivity contribution in [3.05, 3.63) is 29.6 Å². The molecule has 2 aromatic rings. The Hall–Kier alpha value is -2.30. The van der Waals surface area contributed by atoms with Gasteiger partial charge < -0.3 is 14.8 Å². The lowest BCUT2D eigenvalue weighted by Crippen LogP contribution is -2.15. The predicted molar refractivity (Wildman–Crippen MR) is 82.1 cm³/mol. The normalized spacial score (nSPS) is 13.1. The van der Waals surface area contributed by atoms with Gasteiger partial charge in [0.1, 0.15) is 18.9 Å². The zero-order valence-corrected chi connectivity index (χ0v) is 12.6. The van der Waals surface area contributed by atoms with Gasteiger partial charge in [-0.15, -0.1) is 0 Å². The van der Waals surface area contributed by atoms with Crippen LogP contribution in [0.3, 0.4) is 0 Å². The molecule has 1 N–H and O–H groups in total. The van der Waals surface area contributed by atoms with E-state index < -0.39 is 0 Å². The van der Waals surface area contributed by atoms with Gasteiger partial charge >= 0.3 is 0 Å². The number of aryl methyl sites for hydroxylation is 2. The van der Waals surface area contributed by atoms with Crippen LogP contribution in [0.5, 0.6) is 11.5 Å². The molecule has 110 valence electrons. The maximum Gasteiger partial charge on any atom is 0.162 e. The fraction of sp³-hybridized carbons (Fsp3) is 0.375. The van der Waals surface area contributed by atoms with Gasteiger partial charge in [0.05, 0.1) is 11.4 Å². The van der Waals surface area contributed by atoms with Crippen molar-refractivity contribution in [2.24, 2.45) is 0 Å². The Balaban J connectivity index is 2.08. The third-order valence-electron chi connectivity index (χ3n) is 3.47. The molecule has 5 heteroatoms. The number of aromatic nitrogens is 2. The van der Waals surface area contributed by atoms with Crippen molar-refractivity contribution < 1.29 is 9.47 Å². The molecule has 0 spiro atoms. The zero-order valence-electron chi connectivity index (χ0n) is 12.6. The summed E-state index contributed by atoms with van der Waals surface area (Å²) in [6.45, 7) is 7.96. The molecule has 1 aliphatic heterocycles. The molecule has 0 fully saturated rings. The highest BCUT2D eigenvalue weighted by atomic mass is 16.6. The van der Waals surface area contributed by atoms with Crippen LogP contribution in [0.4, 0.5) is 5.82 Å². The third kappa shape index (κ3) is 2.63. The monoisotopic (exact) mass is 285 g/mol. The fourth-order valence-corrected chi connectivity index (χ4v) is 2.29. The molecule has 0 radical (unpaired) electrons. The van der Waals surface area contributed by atoms with Gasteiger partial charge in [-0.2, -0.15) is 0 Å². The maximum atomic E-state index is 5.65. The molecule has 21 heavy (non-hydrogen) atoms. The van der Waals surface area contributed by atoms with Crippen LogP contribution in [0.1, 0.15) is 18.3 Å². The van der Waals surface area contributed by atoms with Crippen LogP contribution in [0.2, 0.25) is 0 Å². The minimum atomic E-state index is 0.578. The molecule has 0 aliphatic carbocycles. The Morgan fingerprint density at radius 3 is 2.52 bits per heavy atom. The van der Waals surface area contributed by atoms with E-state index in [1.54, 1.807) is 0 Å². The van der Waals surface area contributed by atoms with Crippen LogP contribution < -0.4 is 14.8 Å². The number of hydrogen-bond donors (Lipinski definition) is 1. The number of anilines is 1. The molecule has 1 aromatic carbocycles. The minimum absolute atomic E-state index is 0.578. The van der Waals surface area contributed by atoms with Crippen molar-refractivity contribution >= 4 is 5.82 Å². The van der Waals surface area contributed by atoms with Gasteiger partial charge in [0.2, 0.25) is 0 Å². The van der Waals surface area contributed by atoms with Crippen molar-refractivity contribution in [1.29, 1.82) is 0 Å². The van der Waals surface area contributed by atoms with E-state index in [4.69, 9.17) is 9.47 Å². The maximum absolute atomic E-state index is 5.65. The number of ether oxygens (including phenoxy) is 2. The lowest BCUT2D eigenvalue weighted by molar-refractivity contribution is 0.171. The van der Waals surface area contributed by atoms with Gasteiger partial charge in [0.25, 0.3) is 0 Å². The highest BCUT2D eigenvalue weighted by molar-refractivity contribution is 5.74. The molecule has 0 saturated heterocycles. The molecule has 0 saturated carbocycles. The predicted octanol–water partition coefficient (Wildman–Crippen LogP) is 2.96. The summed E-state index contributed by atoms with van der Waals surface area (Å²) in [5.41, 5.74) is 3.69. The Labute approximate surface area is 124 Å². The van der Waals surface area contributed by atoms with E-state index in [-0.39, 0.29) is 0 Å². The molecule has 1 aromatic heterocycles. The van der Waals surface area contributed by atoms with Gasteiger partial charge in [-0.3, -0.25) is 0 Å². The van der Waals surface area contributed by atoms with Crippen molar-refractivity contribution in [1.82, 2.24) is 9.97 Å². The van der Waals surface area contributed by atoms with Crippen LogP contribution in [-0.4, -0.2) is 29.7 Å². The summed E-state index contributed by atoms with van der Waals surface area (Å²) in [4.78, 5) is 9.29. The van der Waals surface area contributed by atoms with Crippen LogP contribution in [0.15, 0.2) is 18.2 Å². The molecule has 1 aliphatic rings. The summed E-state index contributed by atoms with van der Waals surface area (Å²) < 4.78 is 11.2. The number of benzene rings is 1. The van der Waals surface area contributed by atoms with Crippen LogP contribution in [0.25, 0.3) is 11.3 Å². The van der Waals surface area contributed by atoms with Crippen molar-refractivity contribution in [3.8, 4) is 22.8 Å². The Morgan fingerprint density at radius 2 is 1.76 bits per heavy atom. The van der Waals surface area contributed by atoms with E-state index in [9.17, 15) is 0 Å². The summed E-state index contributed by atoms with van der Waals surface area (Å²) in [6.07, 6.45) is 0. The summed E-state index contributed by atoms with van der Waals surface area (Å²) in [5, 5.41) is 3.28. The summed E-state index contributed by atoms with van der Waals surface area (Å²) in [7, 11) is 0. The van der Waals surface area contributed by atoms with E-state index in [2.05, 4.69) is 15.3 Å². The highest BCUT2D eigenvalue weighted by Crippen LogP contribution is 2.35. The van der Waals surface area contributed by atoms with Gasteiger partial charge in [-0.05, 0) is 39.0 Å². The second-order valence-corrected chi connectivity index (χ2v) is 4.98. The van der Waals surface area contributed by atoms with E-state index in [1.165, 1.54) is 0 Å². The number of rotatable bonds is 3. The summed E-state index contributed by atoms with van der Waals surface area (Å²) >= 11 is 0. The number of fused-ring (bicyclic) bond motifs is 1. The lowest BCUT2D eigenvalue weighted by atomic mass is 10.1. The van der Waals surface area contributed by atoms with Crippen LogP contribution >= 0.6 is 0 Å². The Morgan fingerprint density at radius 1 is 1.05 bits per heavy atom. The second kappa shape index (κ2) is 5.60. The molecular formula is C16H19N3O2. The first kappa shape index (κ1) is 13.7.